The van der Waals surface area contributed by atoms with Crippen molar-refractivity contribution in [1.82, 2.24) is 14.9 Å². The SMILES string of the molecule is CCC1CCCCN1C(=O)c1cnc(Nc2ccccc2Cl)cn1. The van der Waals surface area contributed by atoms with Crippen LogP contribution in [0.2, 0.25) is 5.02 Å². The molecule has 3 rings (SSSR count). The molecule has 6 heteroatoms. The minimum Gasteiger partial charge on any atom is -0.338 e. The molecule has 1 unspecified atom stereocenters. The van der Waals surface area contributed by atoms with Gasteiger partial charge in [-0.15, -0.1) is 0 Å². The Morgan fingerprint density at radius 3 is 2.83 bits per heavy atom. The van der Waals surface area contributed by atoms with Crippen LogP contribution >= 0.6 is 11.6 Å². The number of nitrogens with zero attached hydrogens (tertiary/aromatic N) is 3. The van der Waals surface area contributed by atoms with Gasteiger partial charge in [0, 0.05) is 12.6 Å². The van der Waals surface area contributed by atoms with Crippen molar-refractivity contribution in [1.29, 1.82) is 0 Å². The number of hydrogen-bond donors (Lipinski definition) is 1. The van der Waals surface area contributed by atoms with Crippen LogP contribution < -0.4 is 5.32 Å². The zero-order chi connectivity index (χ0) is 16.9. The average molecular weight is 345 g/mol. The molecule has 1 aliphatic rings. The highest BCUT2D eigenvalue weighted by Gasteiger charge is 2.27. The Bertz CT molecular complexity index is 704. The van der Waals surface area contributed by atoms with Crippen molar-refractivity contribution >= 4 is 29.0 Å². The topological polar surface area (TPSA) is 58.1 Å². The summed E-state index contributed by atoms with van der Waals surface area (Å²) < 4.78 is 0. The lowest BCUT2D eigenvalue weighted by atomic mass is 10.00. The molecule has 0 spiro atoms. The van der Waals surface area contributed by atoms with Gasteiger partial charge >= 0.3 is 0 Å². The average Bonchev–Trinajstić information content (AvgIpc) is 2.63. The van der Waals surface area contributed by atoms with Crippen LogP contribution in [0.25, 0.3) is 0 Å². The number of amides is 1. The maximum atomic E-state index is 12.7. The van der Waals surface area contributed by atoms with E-state index in [2.05, 4.69) is 22.2 Å². The standard InChI is InChI=1S/C18H21ClN4O/c1-2-13-7-5-6-10-23(13)18(24)16-11-21-17(12-20-16)22-15-9-4-3-8-14(15)19/h3-4,8-9,11-13H,2,5-7,10H2,1H3,(H,21,22). The summed E-state index contributed by atoms with van der Waals surface area (Å²) in [5.41, 5.74) is 1.15. The number of para-hydroxylation sites is 1. The van der Waals surface area contributed by atoms with Crippen molar-refractivity contribution < 1.29 is 4.79 Å². The third-order valence-electron chi connectivity index (χ3n) is 4.37. The first-order valence-electron chi connectivity index (χ1n) is 8.33. The third kappa shape index (κ3) is 3.67. The van der Waals surface area contributed by atoms with E-state index in [0.29, 0.717) is 22.6 Å². The molecule has 1 aromatic heterocycles. The van der Waals surface area contributed by atoms with E-state index >= 15 is 0 Å². The summed E-state index contributed by atoms with van der Waals surface area (Å²) >= 11 is 6.12. The summed E-state index contributed by atoms with van der Waals surface area (Å²) in [6.45, 7) is 2.93. The van der Waals surface area contributed by atoms with Crippen LogP contribution in [0.4, 0.5) is 11.5 Å². The van der Waals surface area contributed by atoms with E-state index in [0.717, 1.165) is 31.5 Å². The second kappa shape index (κ2) is 7.62. The monoisotopic (exact) mass is 344 g/mol. The molecule has 5 nitrogen and oxygen atoms in total. The number of halogens is 1. The number of rotatable bonds is 4. The van der Waals surface area contributed by atoms with E-state index in [4.69, 9.17) is 11.6 Å². The number of likely N-dealkylation sites (tertiary alicyclic amines) is 1. The van der Waals surface area contributed by atoms with Crippen molar-refractivity contribution in [3.8, 4) is 0 Å². The maximum Gasteiger partial charge on any atom is 0.274 e. The third-order valence-corrected chi connectivity index (χ3v) is 4.70. The van der Waals surface area contributed by atoms with Crippen LogP contribution in [0.15, 0.2) is 36.7 Å². The molecule has 24 heavy (non-hydrogen) atoms. The molecule has 1 fully saturated rings. The molecule has 0 bridgehead atoms. The van der Waals surface area contributed by atoms with E-state index in [1.807, 2.05) is 23.1 Å². The highest BCUT2D eigenvalue weighted by molar-refractivity contribution is 6.33. The van der Waals surface area contributed by atoms with E-state index in [1.165, 1.54) is 12.6 Å². The van der Waals surface area contributed by atoms with E-state index in [9.17, 15) is 4.79 Å². The zero-order valence-electron chi connectivity index (χ0n) is 13.7. The van der Waals surface area contributed by atoms with Crippen LogP contribution in [0.1, 0.15) is 43.1 Å². The number of benzene rings is 1. The minimum atomic E-state index is -0.0293. The van der Waals surface area contributed by atoms with Gasteiger partial charge in [0.2, 0.25) is 0 Å². The normalized spacial score (nSPS) is 17.6. The second-order valence-electron chi connectivity index (χ2n) is 5.95. The Kier molecular flexibility index (Phi) is 5.30. The van der Waals surface area contributed by atoms with Gasteiger partial charge in [0.05, 0.1) is 23.1 Å². The number of carbonyl (C=O) groups is 1. The largest absolute Gasteiger partial charge is 0.338 e. The fourth-order valence-corrected chi connectivity index (χ4v) is 3.23. The Hall–Kier alpha value is -2.14. The van der Waals surface area contributed by atoms with Crippen LogP contribution in [0, 0.1) is 0 Å². The Labute approximate surface area is 147 Å². The van der Waals surface area contributed by atoms with E-state index in [-0.39, 0.29) is 5.91 Å². The molecule has 1 aliphatic heterocycles. The van der Waals surface area contributed by atoms with Crippen LogP contribution in [0.5, 0.6) is 0 Å². The lowest BCUT2D eigenvalue weighted by Crippen LogP contribution is -2.43. The van der Waals surface area contributed by atoms with Crippen molar-refractivity contribution in [2.45, 2.75) is 38.6 Å². The van der Waals surface area contributed by atoms with Gasteiger partial charge in [0.15, 0.2) is 0 Å². The molecular weight excluding hydrogens is 324 g/mol. The molecule has 1 saturated heterocycles. The van der Waals surface area contributed by atoms with Gasteiger partial charge in [-0.1, -0.05) is 30.7 Å². The second-order valence-corrected chi connectivity index (χ2v) is 6.36. The lowest BCUT2D eigenvalue weighted by Gasteiger charge is -2.34. The first-order valence-corrected chi connectivity index (χ1v) is 8.71. The fourth-order valence-electron chi connectivity index (χ4n) is 3.04. The van der Waals surface area contributed by atoms with Crippen LogP contribution in [-0.2, 0) is 0 Å². The van der Waals surface area contributed by atoms with Crippen molar-refractivity contribution in [2.24, 2.45) is 0 Å². The lowest BCUT2D eigenvalue weighted by molar-refractivity contribution is 0.0601. The van der Waals surface area contributed by atoms with Gasteiger partial charge in [0.1, 0.15) is 11.5 Å². The van der Waals surface area contributed by atoms with Crippen molar-refractivity contribution in [2.75, 3.05) is 11.9 Å². The maximum absolute atomic E-state index is 12.7. The van der Waals surface area contributed by atoms with Gasteiger partial charge in [-0.05, 0) is 37.8 Å². The molecule has 0 aliphatic carbocycles. The highest BCUT2D eigenvalue weighted by atomic mass is 35.5. The number of aromatic nitrogens is 2. The molecule has 1 N–H and O–H groups in total. The molecule has 2 heterocycles. The van der Waals surface area contributed by atoms with Gasteiger partial charge < -0.3 is 10.2 Å². The smallest absolute Gasteiger partial charge is 0.274 e. The van der Waals surface area contributed by atoms with Gasteiger partial charge in [-0.3, -0.25) is 4.79 Å². The molecule has 1 amide bonds. The molecule has 0 radical (unpaired) electrons. The molecule has 2 aromatic rings. The molecule has 1 atom stereocenters. The molecular formula is C18H21ClN4O. The predicted molar refractivity (Wildman–Crippen MR) is 95.7 cm³/mol. The van der Waals surface area contributed by atoms with E-state index < -0.39 is 0 Å². The zero-order valence-corrected chi connectivity index (χ0v) is 14.5. The summed E-state index contributed by atoms with van der Waals surface area (Å²) in [5.74, 6) is 0.531. The molecule has 0 saturated carbocycles. The Morgan fingerprint density at radius 2 is 2.12 bits per heavy atom. The summed E-state index contributed by atoms with van der Waals surface area (Å²) in [6.07, 6.45) is 7.40. The van der Waals surface area contributed by atoms with Crippen molar-refractivity contribution in [3.05, 3.63) is 47.4 Å². The minimum absolute atomic E-state index is 0.0293. The van der Waals surface area contributed by atoms with Crippen molar-refractivity contribution in [3.63, 3.8) is 0 Å². The predicted octanol–water partition coefficient (Wildman–Crippen LogP) is 4.28. The number of carbonyl (C=O) groups excluding carboxylic acids is 1. The first kappa shape index (κ1) is 16.7. The van der Waals surface area contributed by atoms with Gasteiger partial charge in [-0.25, -0.2) is 9.97 Å². The number of hydrogen-bond acceptors (Lipinski definition) is 4. The first-order chi connectivity index (χ1) is 11.7. The molecule has 1 aromatic carbocycles. The summed E-state index contributed by atoms with van der Waals surface area (Å²) in [6, 6.07) is 7.73. The fraction of sp³-hybridized carbons (Fsp3) is 0.389. The number of nitrogens with one attached hydrogen (secondary N) is 1. The summed E-state index contributed by atoms with van der Waals surface area (Å²) in [4.78, 5) is 23.2. The summed E-state index contributed by atoms with van der Waals surface area (Å²) in [5, 5.41) is 3.72. The number of piperidine rings is 1. The Balaban J connectivity index is 1.72. The summed E-state index contributed by atoms with van der Waals surface area (Å²) in [7, 11) is 0. The quantitative estimate of drug-likeness (QED) is 0.899. The Morgan fingerprint density at radius 1 is 1.29 bits per heavy atom. The van der Waals surface area contributed by atoms with E-state index in [1.54, 1.807) is 12.3 Å². The van der Waals surface area contributed by atoms with Crippen LogP contribution in [0.3, 0.4) is 0 Å². The van der Waals surface area contributed by atoms with Gasteiger partial charge in [0.25, 0.3) is 5.91 Å². The van der Waals surface area contributed by atoms with Crippen LogP contribution in [-0.4, -0.2) is 33.4 Å². The number of anilines is 2. The molecule has 126 valence electrons. The highest BCUT2D eigenvalue weighted by Crippen LogP contribution is 2.24. The van der Waals surface area contributed by atoms with Gasteiger partial charge in [-0.2, -0.15) is 0 Å².